The van der Waals surface area contributed by atoms with Crippen LogP contribution in [0.5, 0.6) is 0 Å². The molecule has 0 amide bonds. The Morgan fingerprint density at radius 1 is 1.54 bits per heavy atom. The van der Waals surface area contributed by atoms with E-state index in [0.717, 1.165) is 12.8 Å². The minimum atomic E-state index is -1.03. The molecule has 0 radical (unpaired) electrons. The summed E-state index contributed by atoms with van der Waals surface area (Å²) in [6.07, 6.45) is 3.15. The molecular weight excluding hydrogens is 170 g/mol. The van der Waals surface area contributed by atoms with Crippen molar-refractivity contribution < 1.29 is 9.90 Å². The van der Waals surface area contributed by atoms with Gasteiger partial charge in [0, 0.05) is 5.56 Å². The number of hydrogen-bond donors (Lipinski definition) is 2. The summed E-state index contributed by atoms with van der Waals surface area (Å²) in [5, 5.41) is 8.82. The monoisotopic (exact) mass is 179 g/mol. The summed E-state index contributed by atoms with van der Waals surface area (Å²) >= 11 is 0. The van der Waals surface area contributed by atoms with Gasteiger partial charge in [-0.15, -0.1) is 0 Å². The molecule has 68 valence electrons. The molecule has 5 heteroatoms. The maximum Gasteiger partial charge on any atom is 0.354 e. The van der Waals surface area contributed by atoms with Crippen molar-refractivity contribution in [1.29, 1.82) is 0 Å². The van der Waals surface area contributed by atoms with E-state index in [2.05, 4.69) is 9.97 Å². The van der Waals surface area contributed by atoms with Crippen molar-refractivity contribution in [1.82, 2.24) is 9.97 Å². The van der Waals surface area contributed by atoms with Crippen molar-refractivity contribution in [2.75, 3.05) is 5.73 Å². The smallest absolute Gasteiger partial charge is 0.354 e. The molecule has 1 aliphatic rings. The van der Waals surface area contributed by atoms with Gasteiger partial charge in [0.2, 0.25) is 0 Å². The van der Waals surface area contributed by atoms with Crippen molar-refractivity contribution in [3.05, 3.63) is 17.6 Å². The zero-order chi connectivity index (χ0) is 9.42. The molecule has 1 aromatic heterocycles. The molecule has 1 aromatic rings. The van der Waals surface area contributed by atoms with Gasteiger partial charge >= 0.3 is 5.97 Å². The molecule has 0 saturated heterocycles. The van der Waals surface area contributed by atoms with Gasteiger partial charge in [-0.25, -0.2) is 14.8 Å². The number of carboxylic acids is 1. The normalized spacial score (nSPS) is 15.7. The summed E-state index contributed by atoms with van der Waals surface area (Å²) in [4.78, 5) is 18.3. The second kappa shape index (κ2) is 2.69. The average Bonchev–Trinajstić information content (AvgIpc) is 2.86. The highest BCUT2D eigenvalue weighted by Crippen LogP contribution is 2.43. The molecule has 5 nitrogen and oxygen atoms in total. The van der Waals surface area contributed by atoms with Gasteiger partial charge < -0.3 is 10.8 Å². The fraction of sp³-hybridized carbons (Fsp3) is 0.375. The summed E-state index contributed by atoms with van der Waals surface area (Å²) in [6.45, 7) is 0. The van der Waals surface area contributed by atoms with Crippen LogP contribution in [0, 0.1) is 0 Å². The summed E-state index contributed by atoms with van der Waals surface area (Å²) in [7, 11) is 0. The molecule has 0 spiro atoms. The topological polar surface area (TPSA) is 89.1 Å². The molecule has 2 rings (SSSR count). The molecule has 0 bridgehead atoms. The van der Waals surface area contributed by atoms with Crippen molar-refractivity contribution in [2.45, 2.75) is 18.8 Å². The summed E-state index contributed by atoms with van der Waals surface area (Å²) < 4.78 is 0. The standard InChI is InChI=1S/C8H9N3O2/c9-7-5(4-1-2-4)6(8(12)13)10-3-11-7/h3-4H,1-2H2,(H,12,13)(H2,9,10,11). The summed E-state index contributed by atoms with van der Waals surface area (Å²) in [5.74, 6) is -0.474. The van der Waals surface area contributed by atoms with Gasteiger partial charge in [0.1, 0.15) is 12.1 Å². The minimum absolute atomic E-state index is 0.0509. The predicted octanol–water partition coefficient (Wildman–Crippen LogP) is 0.634. The molecule has 0 unspecified atom stereocenters. The van der Waals surface area contributed by atoms with Crippen LogP contribution < -0.4 is 5.73 Å². The number of aromatic carboxylic acids is 1. The van der Waals surface area contributed by atoms with Crippen LogP contribution in [0.3, 0.4) is 0 Å². The number of aromatic nitrogens is 2. The third kappa shape index (κ3) is 1.32. The van der Waals surface area contributed by atoms with E-state index in [-0.39, 0.29) is 11.6 Å². The Kier molecular flexibility index (Phi) is 1.65. The zero-order valence-corrected chi connectivity index (χ0v) is 6.90. The van der Waals surface area contributed by atoms with E-state index < -0.39 is 5.97 Å². The van der Waals surface area contributed by atoms with E-state index >= 15 is 0 Å². The van der Waals surface area contributed by atoms with Gasteiger partial charge in [0.15, 0.2) is 5.69 Å². The average molecular weight is 179 g/mol. The number of nitrogens with two attached hydrogens (primary N) is 1. The Bertz CT molecular complexity index is 360. The first-order valence-electron chi connectivity index (χ1n) is 4.04. The lowest BCUT2D eigenvalue weighted by atomic mass is 10.1. The molecule has 3 N–H and O–H groups in total. The van der Waals surface area contributed by atoms with Gasteiger partial charge in [0.05, 0.1) is 0 Å². The fourth-order valence-corrected chi connectivity index (χ4v) is 1.35. The lowest BCUT2D eigenvalue weighted by Crippen LogP contribution is -2.09. The van der Waals surface area contributed by atoms with Gasteiger partial charge in [-0.2, -0.15) is 0 Å². The van der Waals surface area contributed by atoms with Gasteiger partial charge in [-0.3, -0.25) is 0 Å². The van der Waals surface area contributed by atoms with Gasteiger partial charge in [-0.1, -0.05) is 0 Å². The lowest BCUT2D eigenvalue weighted by Gasteiger charge is -2.04. The summed E-state index contributed by atoms with van der Waals surface area (Å²) in [5.41, 5.74) is 6.24. The first-order chi connectivity index (χ1) is 6.20. The number of nitrogen functional groups attached to an aromatic ring is 1. The van der Waals surface area contributed by atoms with Crippen LogP contribution in [0.25, 0.3) is 0 Å². The molecule has 0 aliphatic heterocycles. The largest absolute Gasteiger partial charge is 0.476 e. The minimum Gasteiger partial charge on any atom is -0.476 e. The number of rotatable bonds is 2. The lowest BCUT2D eigenvalue weighted by molar-refractivity contribution is 0.0689. The van der Waals surface area contributed by atoms with E-state index in [0.29, 0.717) is 11.4 Å². The van der Waals surface area contributed by atoms with Gasteiger partial charge in [-0.05, 0) is 18.8 Å². The first-order valence-corrected chi connectivity index (χ1v) is 4.04. The van der Waals surface area contributed by atoms with Crippen LogP contribution >= 0.6 is 0 Å². The quantitative estimate of drug-likeness (QED) is 0.695. The second-order valence-electron chi connectivity index (χ2n) is 3.10. The predicted molar refractivity (Wildman–Crippen MR) is 45.4 cm³/mol. The molecular formula is C8H9N3O2. The van der Waals surface area contributed by atoms with Crippen LogP contribution in [0.15, 0.2) is 6.33 Å². The number of carbonyl (C=O) groups is 1. The van der Waals surface area contributed by atoms with Crippen molar-refractivity contribution >= 4 is 11.8 Å². The molecule has 1 fully saturated rings. The Labute approximate surface area is 74.6 Å². The first kappa shape index (κ1) is 7.97. The van der Waals surface area contributed by atoms with Crippen LogP contribution in [0.2, 0.25) is 0 Å². The van der Waals surface area contributed by atoms with Crippen LogP contribution in [-0.4, -0.2) is 21.0 Å². The van der Waals surface area contributed by atoms with E-state index in [9.17, 15) is 4.79 Å². The zero-order valence-electron chi connectivity index (χ0n) is 6.90. The molecule has 1 saturated carbocycles. The van der Waals surface area contributed by atoms with Crippen LogP contribution in [-0.2, 0) is 0 Å². The molecule has 1 aliphatic carbocycles. The van der Waals surface area contributed by atoms with Gasteiger partial charge in [0.25, 0.3) is 0 Å². The maximum absolute atomic E-state index is 10.8. The second-order valence-corrected chi connectivity index (χ2v) is 3.10. The van der Waals surface area contributed by atoms with E-state index in [1.807, 2.05) is 0 Å². The SMILES string of the molecule is Nc1ncnc(C(=O)O)c1C1CC1. The number of carboxylic acid groups (broad SMARTS) is 1. The number of hydrogen-bond acceptors (Lipinski definition) is 4. The van der Waals surface area contributed by atoms with E-state index in [1.54, 1.807) is 0 Å². The molecule has 13 heavy (non-hydrogen) atoms. The highest BCUT2D eigenvalue weighted by atomic mass is 16.4. The van der Waals surface area contributed by atoms with Crippen molar-refractivity contribution in [3.63, 3.8) is 0 Å². The van der Waals surface area contributed by atoms with Crippen LogP contribution in [0.1, 0.15) is 34.8 Å². The maximum atomic E-state index is 10.8. The highest BCUT2D eigenvalue weighted by molar-refractivity contribution is 5.88. The summed E-state index contributed by atoms with van der Waals surface area (Å²) in [6, 6.07) is 0. The Morgan fingerprint density at radius 3 is 2.77 bits per heavy atom. The highest BCUT2D eigenvalue weighted by Gasteiger charge is 2.31. The van der Waals surface area contributed by atoms with Crippen molar-refractivity contribution in [2.24, 2.45) is 0 Å². The Morgan fingerprint density at radius 2 is 2.23 bits per heavy atom. The van der Waals surface area contributed by atoms with Crippen LogP contribution in [0.4, 0.5) is 5.82 Å². The third-order valence-electron chi connectivity index (χ3n) is 2.10. The van der Waals surface area contributed by atoms with E-state index in [1.165, 1.54) is 6.33 Å². The number of nitrogens with zero attached hydrogens (tertiary/aromatic N) is 2. The molecule has 0 aromatic carbocycles. The molecule has 0 atom stereocenters. The number of anilines is 1. The van der Waals surface area contributed by atoms with Crippen molar-refractivity contribution in [3.8, 4) is 0 Å². The Hall–Kier alpha value is -1.65. The molecule has 1 heterocycles. The Balaban J connectivity index is 2.53. The third-order valence-corrected chi connectivity index (χ3v) is 2.10. The van der Waals surface area contributed by atoms with E-state index in [4.69, 9.17) is 10.8 Å². The fourth-order valence-electron chi connectivity index (χ4n) is 1.35.